The molecule has 0 spiro atoms. The van der Waals surface area contributed by atoms with Gasteiger partial charge in [-0.2, -0.15) is 0 Å². The second kappa shape index (κ2) is 6.80. The van der Waals surface area contributed by atoms with E-state index in [0.717, 1.165) is 5.56 Å². The number of methoxy groups -OCH3 is 1. The van der Waals surface area contributed by atoms with Crippen LogP contribution in [0.5, 0.6) is 0 Å². The molecule has 4 heteroatoms. The van der Waals surface area contributed by atoms with Crippen molar-refractivity contribution >= 4 is 18.4 Å². The Morgan fingerprint density at radius 2 is 1.29 bits per heavy atom. The molecule has 0 aliphatic rings. The maximum absolute atomic E-state index is 12.0. The molecule has 0 radical (unpaired) electrons. The van der Waals surface area contributed by atoms with Crippen molar-refractivity contribution in [1.29, 1.82) is 0 Å². The largest absolute Gasteiger partial charge is 0.469 e. The smallest absolute Gasteiger partial charge is 0.313 e. The molecule has 1 aromatic carbocycles. The lowest BCUT2D eigenvalue weighted by molar-refractivity contribution is -0.152. The second-order valence-electron chi connectivity index (χ2n) is 6.23. The molecule has 0 aliphatic carbocycles. The van der Waals surface area contributed by atoms with E-state index < -0.39 is 5.41 Å². The third-order valence-corrected chi connectivity index (χ3v) is 4.86. The lowest BCUT2D eigenvalue weighted by Crippen LogP contribution is -2.38. The van der Waals surface area contributed by atoms with Gasteiger partial charge in [0.1, 0.15) is 0 Å². The van der Waals surface area contributed by atoms with Crippen molar-refractivity contribution in [2.24, 2.45) is 11.1 Å². The average molecular weight is 314 g/mol. The molecule has 0 bridgehead atoms. The van der Waals surface area contributed by atoms with Crippen LogP contribution < -0.4 is 5.73 Å². The van der Waals surface area contributed by atoms with Crippen molar-refractivity contribution < 1.29 is 9.53 Å². The summed E-state index contributed by atoms with van der Waals surface area (Å²) in [4.78, 5) is 12.0. The van der Waals surface area contributed by atoms with Gasteiger partial charge in [-0.15, -0.1) is 12.4 Å². The molecule has 0 saturated carbocycles. The van der Waals surface area contributed by atoms with Gasteiger partial charge in [-0.25, -0.2) is 0 Å². The fourth-order valence-corrected chi connectivity index (χ4v) is 2.75. The van der Waals surface area contributed by atoms with Gasteiger partial charge < -0.3 is 10.5 Å². The average Bonchev–Trinajstić information content (AvgIpc) is 2.41. The van der Waals surface area contributed by atoms with E-state index >= 15 is 0 Å². The van der Waals surface area contributed by atoms with Crippen molar-refractivity contribution in [3.8, 4) is 0 Å². The Morgan fingerprint density at radius 3 is 1.62 bits per heavy atom. The molecule has 0 saturated heterocycles. The van der Waals surface area contributed by atoms with E-state index in [1.165, 1.54) is 34.9 Å². The van der Waals surface area contributed by atoms with E-state index in [4.69, 9.17) is 10.5 Å². The molecule has 2 N–H and O–H groups in total. The number of hydrogen-bond donors (Lipinski definition) is 1. The third-order valence-electron chi connectivity index (χ3n) is 4.86. The first-order chi connectivity index (χ1) is 9.07. The summed E-state index contributed by atoms with van der Waals surface area (Å²) in [7, 11) is 1.40. The Bertz CT molecular complexity index is 521. The van der Waals surface area contributed by atoms with Crippen molar-refractivity contribution in [3.05, 3.63) is 33.4 Å². The van der Waals surface area contributed by atoms with Crippen LogP contribution in [0.3, 0.4) is 0 Å². The minimum atomic E-state index is -0.752. The number of nitrogens with two attached hydrogens (primary N) is 1. The summed E-state index contributed by atoms with van der Waals surface area (Å²) >= 11 is 0. The zero-order chi connectivity index (χ0) is 15.8. The van der Waals surface area contributed by atoms with E-state index in [-0.39, 0.29) is 24.4 Å². The van der Waals surface area contributed by atoms with E-state index in [2.05, 4.69) is 34.6 Å². The van der Waals surface area contributed by atoms with Gasteiger partial charge in [0.05, 0.1) is 12.5 Å². The summed E-state index contributed by atoms with van der Waals surface area (Å²) in [6.45, 7) is 14.2. The minimum Gasteiger partial charge on any atom is -0.469 e. The quantitative estimate of drug-likeness (QED) is 0.862. The summed E-state index contributed by atoms with van der Waals surface area (Å²) < 4.78 is 4.90. The molecular weight excluding hydrogens is 286 g/mol. The molecule has 1 aromatic rings. The standard InChI is InChI=1S/C17H27NO2.ClH/c1-9-10(2)12(4)14(13(5)11(9)3)15(18)17(6,7)16(19)20-8;/h15H,18H2,1-8H3;1H/t15-;/m1./s1. The van der Waals surface area contributed by atoms with Crippen LogP contribution in [0, 0.1) is 40.0 Å². The molecule has 0 aliphatic heterocycles. The van der Waals surface area contributed by atoms with Crippen LogP contribution in [0.1, 0.15) is 53.3 Å². The summed E-state index contributed by atoms with van der Waals surface area (Å²) in [5.74, 6) is -0.278. The molecule has 21 heavy (non-hydrogen) atoms. The first kappa shape index (κ1) is 19.9. The van der Waals surface area contributed by atoms with Crippen molar-refractivity contribution in [1.82, 2.24) is 0 Å². The van der Waals surface area contributed by atoms with Gasteiger partial charge in [0.2, 0.25) is 0 Å². The maximum atomic E-state index is 12.0. The van der Waals surface area contributed by atoms with Gasteiger partial charge >= 0.3 is 5.97 Å². The van der Waals surface area contributed by atoms with Gasteiger partial charge in [-0.3, -0.25) is 4.79 Å². The predicted molar refractivity (Wildman–Crippen MR) is 90.1 cm³/mol. The zero-order valence-electron chi connectivity index (χ0n) is 14.4. The molecule has 0 heterocycles. The Morgan fingerprint density at radius 1 is 0.952 bits per heavy atom. The van der Waals surface area contributed by atoms with E-state index in [0.29, 0.717) is 0 Å². The first-order valence-electron chi connectivity index (χ1n) is 6.98. The van der Waals surface area contributed by atoms with Gasteiger partial charge in [0.25, 0.3) is 0 Å². The number of rotatable bonds is 3. The van der Waals surface area contributed by atoms with Crippen LogP contribution in [-0.4, -0.2) is 13.1 Å². The Hall–Kier alpha value is -1.06. The van der Waals surface area contributed by atoms with Crippen molar-refractivity contribution in [2.75, 3.05) is 7.11 Å². The fraction of sp³-hybridized carbons (Fsp3) is 0.588. The molecule has 120 valence electrons. The van der Waals surface area contributed by atoms with Crippen LogP contribution in [0.15, 0.2) is 0 Å². The molecule has 0 aromatic heterocycles. The second-order valence-corrected chi connectivity index (χ2v) is 6.23. The number of ether oxygens (including phenoxy) is 1. The van der Waals surface area contributed by atoms with Crippen molar-refractivity contribution in [2.45, 2.75) is 54.5 Å². The summed E-state index contributed by atoms with van der Waals surface area (Å²) in [5.41, 5.74) is 12.9. The van der Waals surface area contributed by atoms with Gasteiger partial charge in [0.15, 0.2) is 0 Å². The fourth-order valence-electron chi connectivity index (χ4n) is 2.75. The highest BCUT2D eigenvalue weighted by Gasteiger charge is 2.38. The van der Waals surface area contributed by atoms with E-state index in [1.807, 2.05) is 13.8 Å². The number of hydrogen-bond acceptors (Lipinski definition) is 3. The molecular formula is C17H28ClNO2. The monoisotopic (exact) mass is 313 g/mol. The van der Waals surface area contributed by atoms with Crippen molar-refractivity contribution in [3.63, 3.8) is 0 Å². The highest BCUT2D eigenvalue weighted by Crippen LogP contribution is 2.38. The molecule has 1 atom stereocenters. The number of esters is 1. The zero-order valence-corrected chi connectivity index (χ0v) is 15.2. The number of carbonyl (C=O) groups excluding carboxylic acids is 1. The summed E-state index contributed by atoms with van der Waals surface area (Å²) in [5, 5.41) is 0. The van der Waals surface area contributed by atoms with Crippen LogP contribution in [-0.2, 0) is 9.53 Å². The Balaban J connectivity index is 0.00000400. The van der Waals surface area contributed by atoms with E-state index in [1.54, 1.807) is 0 Å². The number of benzene rings is 1. The van der Waals surface area contributed by atoms with Crippen LogP contribution in [0.25, 0.3) is 0 Å². The number of halogens is 1. The topological polar surface area (TPSA) is 52.3 Å². The summed E-state index contributed by atoms with van der Waals surface area (Å²) in [6, 6.07) is -0.382. The number of carbonyl (C=O) groups is 1. The molecule has 0 amide bonds. The lowest BCUT2D eigenvalue weighted by Gasteiger charge is -2.32. The van der Waals surface area contributed by atoms with Crippen LogP contribution >= 0.6 is 12.4 Å². The normalized spacial score (nSPS) is 12.6. The summed E-state index contributed by atoms with van der Waals surface area (Å²) in [6.07, 6.45) is 0. The lowest BCUT2D eigenvalue weighted by atomic mass is 9.76. The van der Waals surface area contributed by atoms with Gasteiger partial charge in [0, 0.05) is 6.04 Å². The van der Waals surface area contributed by atoms with Crippen LogP contribution in [0.4, 0.5) is 0 Å². The Kier molecular flexibility index (Phi) is 6.46. The van der Waals surface area contributed by atoms with Gasteiger partial charge in [-0.05, 0) is 81.8 Å². The van der Waals surface area contributed by atoms with E-state index in [9.17, 15) is 4.79 Å². The molecule has 0 fully saturated rings. The molecule has 3 nitrogen and oxygen atoms in total. The highest BCUT2D eigenvalue weighted by molar-refractivity contribution is 5.85. The SMILES string of the molecule is COC(=O)C(C)(C)[C@H](N)c1c(C)c(C)c(C)c(C)c1C.Cl. The first-order valence-corrected chi connectivity index (χ1v) is 6.98. The van der Waals surface area contributed by atoms with Crippen LogP contribution in [0.2, 0.25) is 0 Å². The van der Waals surface area contributed by atoms with Gasteiger partial charge in [-0.1, -0.05) is 0 Å². The third kappa shape index (κ3) is 3.24. The highest BCUT2D eigenvalue weighted by atomic mass is 35.5. The Labute approximate surface area is 134 Å². The minimum absolute atomic E-state index is 0. The predicted octanol–water partition coefficient (Wildman–Crippen LogP) is 3.85. The molecule has 0 unspecified atom stereocenters. The maximum Gasteiger partial charge on any atom is 0.313 e. The molecule has 1 rings (SSSR count).